The second kappa shape index (κ2) is 6.16. The molecule has 0 unspecified atom stereocenters. The van der Waals surface area contributed by atoms with E-state index >= 15 is 0 Å². The predicted molar refractivity (Wildman–Crippen MR) is 68.9 cm³/mol. The van der Waals surface area contributed by atoms with Crippen molar-refractivity contribution < 1.29 is 9.66 Å². The summed E-state index contributed by atoms with van der Waals surface area (Å²) in [4.78, 5) is 10.3. The lowest BCUT2D eigenvalue weighted by molar-refractivity contribution is -0.385. The lowest BCUT2D eigenvalue weighted by Gasteiger charge is -2.22. The Morgan fingerprint density at radius 1 is 1.47 bits per heavy atom. The highest BCUT2D eigenvalue weighted by Gasteiger charge is 2.20. The molecule has 1 aliphatic rings. The largest absolute Gasteiger partial charge is 0.492 e. The van der Waals surface area contributed by atoms with Gasteiger partial charge in [0.1, 0.15) is 11.8 Å². The summed E-state index contributed by atoms with van der Waals surface area (Å²) in [5.41, 5.74) is -0.202. The van der Waals surface area contributed by atoms with E-state index in [9.17, 15) is 10.1 Å². The summed E-state index contributed by atoms with van der Waals surface area (Å²) in [5.74, 6) is 0.738. The van der Waals surface area contributed by atoms with Crippen LogP contribution in [-0.4, -0.2) is 24.6 Å². The minimum absolute atomic E-state index is 0.00133. The number of rotatable bonds is 4. The number of hydrogen-bond acceptors (Lipinski definition) is 5. The van der Waals surface area contributed by atoms with E-state index in [1.54, 1.807) is 6.07 Å². The van der Waals surface area contributed by atoms with Gasteiger partial charge in [-0.3, -0.25) is 10.1 Å². The lowest BCUT2D eigenvalue weighted by atomic mass is 9.99. The van der Waals surface area contributed by atoms with Gasteiger partial charge in [-0.2, -0.15) is 5.26 Å². The van der Waals surface area contributed by atoms with Crippen molar-refractivity contribution in [3.05, 3.63) is 33.9 Å². The zero-order valence-corrected chi connectivity index (χ0v) is 10.5. The van der Waals surface area contributed by atoms with Crippen molar-refractivity contribution in [3.63, 3.8) is 0 Å². The van der Waals surface area contributed by atoms with Crippen LogP contribution >= 0.6 is 0 Å². The number of hydrogen-bond donors (Lipinski definition) is 1. The highest BCUT2D eigenvalue weighted by Crippen LogP contribution is 2.28. The molecule has 19 heavy (non-hydrogen) atoms. The first-order valence-electron chi connectivity index (χ1n) is 6.23. The Bertz CT molecular complexity index is 504. The van der Waals surface area contributed by atoms with Crippen molar-refractivity contribution in [2.24, 2.45) is 5.92 Å². The van der Waals surface area contributed by atoms with Crippen molar-refractivity contribution >= 4 is 5.69 Å². The molecule has 1 aromatic carbocycles. The molecule has 0 amide bonds. The molecule has 100 valence electrons. The van der Waals surface area contributed by atoms with Crippen molar-refractivity contribution in [1.82, 2.24) is 5.32 Å². The summed E-state index contributed by atoms with van der Waals surface area (Å²) in [6, 6.07) is 6.31. The second-order valence-corrected chi connectivity index (χ2v) is 4.52. The highest BCUT2D eigenvalue weighted by molar-refractivity contribution is 5.56. The minimum Gasteiger partial charge on any atom is -0.492 e. The zero-order chi connectivity index (χ0) is 13.7. The van der Waals surface area contributed by atoms with Gasteiger partial charge in [0, 0.05) is 6.07 Å². The summed E-state index contributed by atoms with van der Waals surface area (Å²) in [5, 5.41) is 23.1. The van der Waals surface area contributed by atoms with Crippen LogP contribution in [-0.2, 0) is 0 Å². The lowest BCUT2D eigenvalue weighted by Crippen LogP contribution is -2.30. The molecule has 0 atom stereocenters. The van der Waals surface area contributed by atoms with Gasteiger partial charge < -0.3 is 10.1 Å². The smallest absolute Gasteiger partial charge is 0.290 e. The van der Waals surface area contributed by atoms with Crippen LogP contribution in [0.5, 0.6) is 5.75 Å². The molecular formula is C13H15N3O3. The van der Waals surface area contributed by atoms with Gasteiger partial charge in [0.15, 0.2) is 5.56 Å². The molecule has 2 rings (SSSR count). The monoisotopic (exact) mass is 261 g/mol. The molecule has 1 fully saturated rings. The fraction of sp³-hybridized carbons (Fsp3) is 0.462. The summed E-state index contributed by atoms with van der Waals surface area (Å²) >= 11 is 0. The van der Waals surface area contributed by atoms with E-state index in [2.05, 4.69) is 5.32 Å². The Hall–Kier alpha value is -2.13. The van der Waals surface area contributed by atoms with Crippen LogP contribution in [0.3, 0.4) is 0 Å². The van der Waals surface area contributed by atoms with E-state index in [1.807, 2.05) is 6.07 Å². The third-order valence-electron chi connectivity index (χ3n) is 3.25. The fourth-order valence-electron chi connectivity index (χ4n) is 2.16. The molecule has 0 spiro atoms. The number of nitro groups is 1. The van der Waals surface area contributed by atoms with Gasteiger partial charge in [0.05, 0.1) is 11.5 Å². The quantitative estimate of drug-likeness (QED) is 0.660. The van der Waals surface area contributed by atoms with Crippen LogP contribution in [0.1, 0.15) is 18.4 Å². The van der Waals surface area contributed by atoms with Crippen LogP contribution in [0.2, 0.25) is 0 Å². The van der Waals surface area contributed by atoms with Gasteiger partial charge in [0.25, 0.3) is 5.69 Å². The van der Waals surface area contributed by atoms with Crippen LogP contribution in [0.15, 0.2) is 18.2 Å². The Morgan fingerprint density at radius 2 is 2.21 bits per heavy atom. The average molecular weight is 261 g/mol. The van der Waals surface area contributed by atoms with E-state index in [-0.39, 0.29) is 11.3 Å². The number of benzene rings is 1. The molecule has 1 aromatic rings. The average Bonchev–Trinajstić information content (AvgIpc) is 2.45. The maximum atomic E-state index is 10.8. The predicted octanol–water partition coefficient (Wildman–Crippen LogP) is 1.84. The minimum atomic E-state index is -0.560. The number of nitrogens with zero attached hydrogens (tertiary/aromatic N) is 2. The molecule has 0 bridgehead atoms. The SMILES string of the molecule is N#Cc1c(OCC2CCNCC2)cccc1[N+](=O)[O-]. The van der Waals surface area contributed by atoms with Crippen LogP contribution in [0.4, 0.5) is 5.69 Å². The molecule has 0 aromatic heterocycles. The van der Waals surface area contributed by atoms with Gasteiger partial charge in [-0.25, -0.2) is 0 Å². The van der Waals surface area contributed by atoms with E-state index in [0.29, 0.717) is 18.3 Å². The molecular weight excluding hydrogens is 246 g/mol. The van der Waals surface area contributed by atoms with Crippen LogP contribution in [0, 0.1) is 27.4 Å². The number of piperidine rings is 1. The molecule has 1 heterocycles. The van der Waals surface area contributed by atoms with Crippen LogP contribution in [0.25, 0.3) is 0 Å². The first-order valence-corrected chi connectivity index (χ1v) is 6.23. The van der Waals surface area contributed by atoms with Gasteiger partial charge in [-0.1, -0.05) is 6.07 Å². The Balaban J connectivity index is 2.09. The number of nitro benzene ring substituents is 1. The van der Waals surface area contributed by atoms with E-state index in [4.69, 9.17) is 10.00 Å². The topological polar surface area (TPSA) is 88.2 Å². The zero-order valence-electron chi connectivity index (χ0n) is 10.5. The highest BCUT2D eigenvalue weighted by atomic mass is 16.6. The summed E-state index contributed by atoms with van der Waals surface area (Å²) in [6.45, 7) is 2.43. The first kappa shape index (κ1) is 13.3. The van der Waals surface area contributed by atoms with Crippen molar-refractivity contribution in [3.8, 4) is 11.8 Å². The summed E-state index contributed by atoms with van der Waals surface area (Å²) in [6.07, 6.45) is 2.05. The normalized spacial score (nSPS) is 15.7. The molecule has 0 saturated carbocycles. The van der Waals surface area contributed by atoms with E-state index in [0.717, 1.165) is 25.9 Å². The van der Waals surface area contributed by atoms with Crippen LogP contribution < -0.4 is 10.1 Å². The summed E-state index contributed by atoms with van der Waals surface area (Å²) in [7, 11) is 0. The van der Waals surface area contributed by atoms with Gasteiger partial charge in [-0.05, 0) is 37.9 Å². The van der Waals surface area contributed by atoms with Crippen molar-refractivity contribution in [2.75, 3.05) is 19.7 Å². The van der Waals surface area contributed by atoms with Gasteiger partial charge >= 0.3 is 0 Å². The molecule has 0 aliphatic carbocycles. The van der Waals surface area contributed by atoms with Gasteiger partial charge in [0.2, 0.25) is 0 Å². The van der Waals surface area contributed by atoms with E-state index < -0.39 is 4.92 Å². The Kier molecular flexibility index (Phi) is 4.31. The van der Waals surface area contributed by atoms with E-state index in [1.165, 1.54) is 12.1 Å². The Labute approximate surface area is 111 Å². The molecule has 6 heteroatoms. The first-order chi connectivity index (χ1) is 9.22. The number of nitrogens with one attached hydrogen (secondary N) is 1. The maximum Gasteiger partial charge on any atom is 0.290 e. The molecule has 6 nitrogen and oxygen atoms in total. The Morgan fingerprint density at radius 3 is 2.84 bits per heavy atom. The number of ether oxygens (including phenoxy) is 1. The van der Waals surface area contributed by atoms with Gasteiger partial charge in [-0.15, -0.1) is 0 Å². The van der Waals surface area contributed by atoms with Crippen molar-refractivity contribution in [2.45, 2.75) is 12.8 Å². The summed E-state index contributed by atoms with van der Waals surface area (Å²) < 4.78 is 5.60. The molecule has 1 saturated heterocycles. The van der Waals surface area contributed by atoms with Crippen molar-refractivity contribution in [1.29, 1.82) is 5.26 Å². The standard InChI is InChI=1S/C13H15N3O3/c14-8-11-12(16(17)18)2-1-3-13(11)19-9-10-4-6-15-7-5-10/h1-3,10,15H,4-7,9H2. The molecule has 0 radical (unpaired) electrons. The fourth-order valence-corrected chi connectivity index (χ4v) is 2.16. The second-order valence-electron chi connectivity index (χ2n) is 4.52. The number of nitriles is 1. The third-order valence-corrected chi connectivity index (χ3v) is 3.25. The maximum absolute atomic E-state index is 10.8. The molecule has 1 N–H and O–H groups in total. The third kappa shape index (κ3) is 3.20. The molecule has 1 aliphatic heterocycles.